The third-order valence-corrected chi connectivity index (χ3v) is 6.59. The summed E-state index contributed by atoms with van der Waals surface area (Å²) in [5, 5.41) is 4.75. The first-order chi connectivity index (χ1) is 18.9. The van der Waals surface area contributed by atoms with E-state index in [4.69, 9.17) is 13.5 Å². The molecule has 0 fully saturated rings. The maximum atomic E-state index is 7.54. The van der Waals surface area contributed by atoms with Gasteiger partial charge in [-0.05, 0) is 54.3 Å². The van der Waals surface area contributed by atoms with Crippen LogP contribution in [-0.4, -0.2) is 15.0 Å². The van der Waals surface area contributed by atoms with Crippen molar-refractivity contribution in [2.45, 2.75) is 13.8 Å². The summed E-state index contributed by atoms with van der Waals surface area (Å²) in [7, 11) is 0. The van der Waals surface area contributed by atoms with E-state index < -0.39 is 6.85 Å². The minimum Gasteiger partial charge on any atom is -0.486 e. The molecule has 0 N–H and O–H groups in total. The summed E-state index contributed by atoms with van der Waals surface area (Å²) in [6.07, 6.45) is 1.87. The smallest absolute Gasteiger partial charge is 0.216 e. The Morgan fingerprint density at radius 3 is 2.59 bits per heavy atom. The molecular formula is C31H21IrN3OS-2. The van der Waals surface area contributed by atoms with E-state index in [1.165, 1.54) is 11.6 Å². The minimum absolute atomic E-state index is 0. The molecular weight excluding hydrogens is 655 g/mol. The normalized spacial score (nSPS) is 12.3. The maximum Gasteiger partial charge on any atom is 0.216 e. The Bertz CT molecular complexity index is 1920. The summed E-state index contributed by atoms with van der Waals surface area (Å²) >= 11 is 1.58. The molecule has 0 aliphatic carbocycles. The quantitative estimate of drug-likeness (QED) is 0.173. The summed E-state index contributed by atoms with van der Waals surface area (Å²) < 4.78 is 28.5. The molecule has 4 nitrogen and oxygen atoms in total. The number of aryl methyl sites for hydroxylation is 2. The van der Waals surface area contributed by atoms with Gasteiger partial charge in [0.25, 0.3) is 0 Å². The molecule has 0 atom stereocenters. The van der Waals surface area contributed by atoms with Gasteiger partial charge in [0.05, 0.1) is 5.58 Å². The van der Waals surface area contributed by atoms with Crippen LogP contribution in [0.1, 0.15) is 15.4 Å². The van der Waals surface area contributed by atoms with Crippen LogP contribution in [0.2, 0.25) is 0 Å². The van der Waals surface area contributed by atoms with E-state index in [0.717, 1.165) is 43.5 Å². The number of thiophene rings is 1. The fraction of sp³-hybridized carbons (Fsp3) is 0.0645. The predicted octanol–water partition coefficient (Wildman–Crippen LogP) is 8.22. The average molecular weight is 679 g/mol. The molecule has 0 aliphatic rings. The Balaban J connectivity index is 0.000000195. The van der Waals surface area contributed by atoms with E-state index in [1.807, 2.05) is 79.2 Å². The first-order valence-corrected chi connectivity index (χ1v) is 12.2. The standard InChI is InChI=1S/C19H11N2OS.C12H10N.Ir/c1-11-5-7-14-13-3-2-4-15(17(13)22-18(14)20-11)16-8-6-12-9-10-23-19(12)21-16;1-10-7-8-12(13-9-10)11-5-3-2-4-6-11;/h2-3,5-10H,1H3;2-5,7-9H,1H3;/q2*-1;/i1D3;;. The first kappa shape index (κ1) is 21.4. The molecule has 1 radical (unpaired) electrons. The SMILES string of the molecule is Cc1ccc(-c2[c-]cccc2)nc1.[2H]C([2H])([2H])c1ccc2c(n1)oc1c(-c3ccc4ccsc4n3)[c-]ccc12.[Ir]. The molecule has 5 heterocycles. The Morgan fingerprint density at radius 1 is 0.865 bits per heavy atom. The minimum atomic E-state index is -2.27. The Labute approximate surface area is 236 Å². The summed E-state index contributed by atoms with van der Waals surface area (Å²) in [5.74, 6) is 0. The van der Waals surface area contributed by atoms with Crippen LogP contribution in [0.5, 0.6) is 0 Å². The topological polar surface area (TPSA) is 51.8 Å². The summed E-state index contributed by atoms with van der Waals surface area (Å²) in [6, 6.07) is 31.3. The molecule has 183 valence electrons. The van der Waals surface area contributed by atoms with Gasteiger partial charge in [0, 0.05) is 46.9 Å². The van der Waals surface area contributed by atoms with E-state index in [-0.39, 0.29) is 25.8 Å². The van der Waals surface area contributed by atoms with Gasteiger partial charge < -0.3 is 9.40 Å². The number of nitrogens with zero attached hydrogens (tertiary/aromatic N) is 3. The fourth-order valence-electron chi connectivity index (χ4n) is 3.98. The van der Waals surface area contributed by atoms with Gasteiger partial charge in [0.15, 0.2) is 0 Å². The maximum absolute atomic E-state index is 7.54. The Hall–Kier alpha value is -3.70. The monoisotopic (exact) mass is 679 g/mol. The average Bonchev–Trinajstić information content (AvgIpc) is 3.57. The van der Waals surface area contributed by atoms with Crippen LogP contribution in [0.3, 0.4) is 0 Å². The summed E-state index contributed by atoms with van der Waals surface area (Å²) in [5.41, 5.74) is 5.65. The molecule has 6 heteroatoms. The van der Waals surface area contributed by atoms with E-state index in [2.05, 4.69) is 28.2 Å². The molecule has 7 aromatic rings. The van der Waals surface area contributed by atoms with E-state index in [9.17, 15) is 0 Å². The van der Waals surface area contributed by atoms with Gasteiger partial charge in [-0.3, -0.25) is 4.98 Å². The second kappa shape index (κ2) is 10.7. The van der Waals surface area contributed by atoms with Crippen molar-refractivity contribution in [1.82, 2.24) is 15.0 Å². The van der Waals surface area contributed by atoms with Gasteiger partial charge in [-0.25, -0.2) is 4.98 Å². The molecule has 37 heavy (non-hydrogen) atoms. The Kier molecular flexibility index (Phi) is 6.20. The molecule has 0 saturated heterocycles. The number of rotatable bonds is 2. The van der Waals surface area contributed by atoms with Gasteiger partial charge in [0.1, 0.15) is 4.83 Å². The van der Waals surface area contributed by atoms with E-state index in [0.29, 0.717) is 11.3 Å². The molecule has 0 amide bonds. The third kappa shape index (κ3) is 5.09. The van der Waals surface area contributed by atoms with Gasteiger partial charge in [-0.15, -0.1) is 65.4 Å². The van der Waals surface area contributed by atoms with E-state index in [1.54, 1.807) is 17.4 Å². The van der Waals surface area contributed by atoms with Crippen molar-refractivity contribution in [3.05, 3.63) is 114 Å². The van der Waals surface area contributed by atoms with Gasteiger partial charge in [0.2, 0.25) is 5.71 Å². The van der Waals surface area contributed by atoms with Crippen molar-refractivity contribution >= 4 is 43.6 Å². The Morgan fingerprint density at radius 2 is 1.78 bits per heavy atom. The van der Waals surface area contributed by atoms with Gasteiger partial charge in [-0.1, -0.05) is 35.2 Å². The second-order valence-electron chi connectivity index (χ2n) is 8.26. The summed E-state index contributed by atoms with van der Waals surface area (Å²) in [4.78, 5) is 14.2. The van der Waals surface area contributed by atoms with E-state index >= 15 is 0 Å². The van der Waals surface area contributed by atoms with Crippen LogP contribution in [0, 0.1) is 25.9 Å². The van der Waals surface area contributed by atoms with Crippen LogP contribution in [0.15, 0.2) is 94.9 Å². The van der Waals surface area contributed by atoms with Crippen LogP contribution < -0.4 is 0 Å². The third-order valence-electron chi connectivity index (χ3n) is 5.77. The number of fused-ring (bicyclic) bond motifs is 4. The van der Waals surface area contributed by atoms with Crippen LogP contribution in [0.25, 0.3) is 54.8 Å². The molecule has 0 unspecified atom stereocenters. The zero-order valence-electron chi connectivity index (χ0n) is 22.7. The van der Waals surface area contributed by atoms with Gasteiger partial charge >= 0.3 is 0 Å². The zero-order chi connectivity index (χ0) is 27.0. The molecule has 0 saturated carbocycles. The molecule has 0 spiro atoms. The number of hydrogen-bond acceptors (Lipinski definition) is 5. The van der Waals surface area contributed by atoms with Crippen LogP contribution in [-0.2, 0) is 20.1 Å². The van der Waals surface area contributed by atoms with Crippen molar-refractivity contribution in [2.75, 3.05) is 0 Å². The van der Waals surface area contributed by atoms with Crippen LogP contribution in [0.4, 0.5) is 0 Å². The largest absolute Gasteiger partial charge is 0.486 e. The van der Waals surface area contributed by atoms with Crippen molar-refractivity contribution in [2.24, 2.45) is 0 Å². The second-order valence-corrected chi connectivity index (χ2v) is 9.15. The zero-order valence-corrected chi connectivity index (χ0v) is 22.9. The predicted molar refractivity (Wildman–Crippen MR) is 147 cm³/mol. The molecule has 0 aliphatic heterocycles. The molecule has 7 rings (SSSR count). The van der Waals surface area contributed by atoms with Crippen LogP contribution >= 0.6 is 11.3 Å². The molecule has 2 aromatic carbocycles. The number of furan rings is 1. The summed E-state index contributed by atoms with van der Waals surface area (Å²) in [6.45, 7) is -0.237. The number of hydrogen-bond donors (Lipinski definition) is 0. The van der Waals surface area contributed by atoms with Crippen molar-refractivity contribution in [3.8, 4) is 22.5 Å². The number of aromatic nitrogens is 3. The molecule has 5 aromatic heterocycles. The van der Waals surface area contributed by atoms with Crippen molar-refractivity contribution in [1.29, 1.82) is 0 Å². The fourth-order valence-corrected chi connectivity index (χ4v) is 4.74. The number of benzene rings is 2. The van der Waals surface area contributed by atoms with Crippen molar-refractivity contribution in [3.63, 3.8) is 0 Å². The van der Waals surface area contributed by atoms with Crippen molar-refractivity contribution < 1.29 is 28.6 Å². The van der Waals surface area contributed by atoms with Gasteiger partial charge in [-0.2, -0.15) is 0 Å². The number of pyridine rings is 3. The molecule has 0 bridgehead atoms. The first-order valence-electron chi connectivity index (χ1n) is 12.9.